The lowest BCUT2D eigenvalue weighted by molar-refractivity contribution is -0.0504. The predicted octanol–water partition coefficient (Wildman–Crippen LogP) is -2.15. The number of nitrogens with one attached hydrogen (secondary N) is 1. The summed E-state index contributed by atoms with van der Waals surface area (Å²) in [4.78, 5) is 39.1. The molecule has 5 N–H and O–H groups in total. The van der Waals surface area contributed by atoms with E-state index in [2.05, 4.69) is 19.5 Å². The first-order chi connectivity index (χ1) is 12.2. The summed E-state index contributed by atoms with van der Waals surface area (Å²) in [7, 11) is -5.43. The maximum Gasteiger partial charge on any atom is 0.469 e. The number of fused-ring (bicyclic) bond motifs is 1. The normalized spacial score (nSPS) is 38.1. The Balaban J connectivity index is 2.09. The van der Waals surface area contributed by atoms with Gasteiger partial charge in [0.15, 0.2) is 17.4 Å². The fourth-order valence-corrected chi connectivity index (χ4v) is 2.18. The van der Waals surface area contributed by atoms with Crippen LogP contribution < -0.4 is 5.56 Å². The van der Waals surface area contributed by atoms with Crippen LogP contribution in [0.5, 0.6) is 0 Å². The molecular weight excluding hydrogens is 335 g/mol. The van der Waals surface area contributed by atoms with Gasteiger partial charge in [0.25, 0.3) is 5.56 Å². The summed E-state index contributed by atoms with van der Waals surface area (Å²) in [5.74, 6) is 0. The van der Waals surface area contributed by atoms with E-state index in [4.69, 9.17) is 20.0 Å². The lowest BCUT2D eigenvalue weighted by atomic mass is 10.1. The van der Waals surface area contributed by atoms with Crippen molar-refractivity contribution in [3.8, 4) is 0 Å². The Kier molecular flexibility index (Phi) is 2.96. The van der Waals surface area contributed by atoms with Crippen LogP contribution in [0.2, 0.25) is 0 Å². The first-order valence-corrected chi connectivity index (χ1v) is 7.48. The van der Waals surface area contributed by atoms with Gasteiger partial charge in [0, 0.05) is 0 Å². The molecule has 1 saturated heterocycles. The van der Waals surface area contributed by atoms with Crippen molar-refractivity contribution >= 4 is 19.0 Å². The lowest BCUT2D eigenvalue weighted by Crippen LogP contribution is -2.33. The van der Waals surface area contributed by atoms with E-state index < -0.39 is 44.4 Å². The predicted molar refractivity (Wildman–Crippen MR) is 72.1 cm³/mol. The zero-order chi connectivity index (χ0) is 20.4. The first kappa shape index (κ1) is 11.8. The van der Waals surface area contributed by atoms with Crippen LogP contribution in [0, 0.1) is 0 Å². The average molecular weight is 352 g/mol. The number of phosphoric acid groups is 1. The second-order valence-electron chi connectivity index (χ2n) is 4.39. The molecule has 1 aliphatic heterocycles. The van der Waals surface area contributed by atoms with Gasteiger partial charge in [0.1, 0.15) is 18.3 Å². The minimum Gasteiger partial charge on any atom is -0.387 e. The van der Waals surface area contributed by atoms with Crippen molar-refractivity contribution in [2.45, 2.75) is 24.5 Å². The zero-order valence-corrected chi connectivity index (χ0v) is 11.9. The fraction of sp³-hybridized carbons (Fsp3) is 0.500. The minimum absolute atomic E-state index is 0.220. The summed E-state index contributed by atoms with van der Waals surface area (Å²) in [6.45, 7) is -3.49. The van der Waals surface area contributed by atoms with Crippen molar-refractivity contribution in [3.63, 3.8) is 0 Å². The summed E-state index contributed by atoms with van der Waals surface area (Å²) >= 11 is 0. The quantitative estimate of drug-likeness (QED) is 0.381. The smallest absolute Gasteiger partial charge is 0.387 e. The standard InChI is InChI=1S/C10H13N4O8P/c15-6-4(1-21-23(18,19)20)22-10(7(6)16)14-3-13-5-8(14)11-2-12-9(5)17/h2-4,6-7,10,15-16H,1H2,(H,11,12,17)(H2,18,19,20)/t4-,6-,7-,10-/m1/s1/i1D2,6D,7D. The van der Waals surface area contributed by atoms with Gasteiger partial charge >= 0.3 is 7.82 Å². The third-order valence-electron chi connectivity index (χ3n) is 2.91. The number of H-pyrrole nitrogens is 1. The molecule has 23 heavy (non-hydrogen) atoms. The lowest BCUT2D eigenvalue weighted by Gasteiger charge is -2.16. The highest BCUT2D eigenvalue weighted by Crippen LogP contribution is 2.38. The Hall–Kier alpha value is -1.66. The number of hydrogen-bond acceptors (Lipinski definition) is 8. The molecule has 2 aromatic rings. The second kappa shape index (κ2) is 5.76. The Bertz CT molecular complexity index is 987. The summed E-state index contributed by atoms with van der Waals surface area (Å²) in [6.07, 6.45) is -9.42. The molecule has 2 aromatic heterocycles. The fourth-order valence-electron chi connectivity index (χ4n) is 1.95. The molecule has 0 bridgehead atoms. The number of rotatable bonds is 4. The molecule has 1 aliphatic rings. The van der Waals surface area contributed by atoms with Crippen LogP contribution in [0.15, 0.2) is 17.4 Å². The van der Waals surface area contributed by atoms with Crippen LogP contribution >= 0.6 is 7.82 Å². The highest BCUT2D eigenvalue weighted by atomic mass is 31.2. The molecule has 12 nitrogen and oxygen atoms in total. The van der Waals surface area contributed by atoms with Gasteiger partial charge in [-0.3, -0.25) is 13.9 Å². The van der Waals surface area contributed by atoms with Gasteiger partial charge in [0.05, 0.1) is 24.7 Å². The van der Waals surface area contributed by atoms with E-state index in [-0.39, 0.29) is 11.2 Å². The topological polar surface area (TPSA) is 180 Å². The van der Waals surface area contributed by atoms with Gasteiger partial charge < -0.3 is 29.7 Å². The van der Waals surface area contributed by atoms with E-state index in [1.165, 1.54) is 0 Å². The largest absolute Gasteiger partial charge is 0.469 e. The van der Waals surface area contributed by atoms with Gasteiger partial charge in [-0.15, -0.1) is 0 Å². The minimum atomic E-state index is -5.43. The SMILES string of the molecule is [2H]C([2H])(OP(=O)(O)O)[C@H]1O[C@@H](n2cnc3c(=O)[nH]cnc32)[C@]([2H])(O)[C@]1([2H])O. The first-order valence-electron chi connectivity index (χ1n) is 7.95. The van der Waals surface area contributed by atoms with Crippen LogP contribution in [0.1, 0.15) is 11.7 Å². The van der Waals surface area contributed by atoms with Gasteiger partial charge in [-0.25, -0.2) is 14.5 Å². The molecule has 1 fully saturated rings. The van der Waals surface area contributed by atoms with Crippen LogP contribution in [0.4, 0.5) is 0 Å². The monoisotopic (exact) mass is 352 g/mol. The molecule has 3 rings (SSSR count). The van der Waals surface area contributed by atoms with Crippen molar-refractivity contribution in [1.82, 2.24) is 19.5 Å². The van der Waals surface area contributed by atoms with Crippen LogP contribution in [-0.4, -0.2) is 64.3 Å². The maximum absolute atomic E-state index is 11.7. The van der Waals surface area contributed by atoms with Crippen molar-refractivity contribution in [2.24, 2.45) is 0 Å². The highest BCUT2D eigenvalue weighted by molar-refractivity contribution is 7.46. The van der Waals surface area contributed by atoms with Gasteiger partial charge in [-0.1, -0.05) is 0 Å². The van der Waals surface area contributed by atoms with Gasteiger partial charge in [0.2, 0.25) is 0 Å². The highest BCUT2D eigenvalue weighted by Gasteiger charge is 2.45. The van der Waals surface area contributed by atoms with Crippen LogP contribution in [-0.2, 0) is 13.8 Å². The number of phosphoric ester groups is 1. The van der Waals surface area contributed by atoms with E-state index in [1.54, 1.807) is 0 Å². The number of nitrogens with zero attached hydrogens (tertiary/aromatic N) is 3. The molecule has 0 spiro atoms. The van der Waals surface area contributed by atoms with Crippen molar-refractivity contribution in [1.29, 1.82) is 0 Å². The summed E-state index contributed by atoms with van der Waals surface area (Å²) in [6, 6.07) is 0. The average Bonchev–Trinajstić information content (AvgIpc) is 2.96. The Labute approximate surface area is 133 Å². The molecular formula is C10H13N4O8P. The zero-order valence-electron chi connectivity index (χ0n) is 15.0. The van der Waals surface area contributed by atoms with E-state index in [0.29, 0.717) is 0 Å². The summed E-state index contributed by atoms with van der Waals surface area (Å²) in [5, 5.41) is 20.6. The van der Waals surface area contributed by atoms with E-state index in [9.17, 15) is 19.6 Å². The molecule has 0 saturated carbocycles. The Morgan fingerprint density at radius 1 is 1.48 bits per heavy atom. The molecule has 0 aromatic carbocycles. The molecule has 4 atom stereocenters. The second-order valence-corrected chi connectivity index (χ2v) is 5.56. The van der Waals surface area contributed by atoms with Crippen molar-refractivity contribution in [3.05, 3.63) is 23.0 Å². The number of aromatic amines is 1. The Morgan fingerprint density at radius 2 is 2.22 bits per heavy atom. The van der Waals surface area contributed by atoms with Crippen molar-refractivity contribution in [2.75, 3.05) is 6.56 Å². The number of imidazole rings is 1. The molecule has 0 unspecified atom stereocenters. The van der Waals surface area contributed by atoms with E-state index in [1.807, 2.05) is 0 Å². The third kappa shape index (κ3) is 3.05. The van der Waals surface area contributed by atoms with Crippen LogP contribution in [0.25, 0.3) is 11.2 Å². The molecule has 3 heterocycles. The number of ether oxygens (including phenoxy) is 1. The molecule has 126 valence electrons. The summed E-state index contributed by atoms with van der Waals surface area (Å²) in [5.41, 5.74) is -1.13. The number of aliphatic hydroxyl groups is 2. The van der Waals surface area contributed by atoms with Gasteiger partial charge in [-0.2, -0.15) is 0 Å². The van der Waals surface area contributed by atoms with E-state index in [0.717, 1.165) is 17.2 Å². The van der Waals surface area contributed by atoms with Gasteiger partial charge in [-0.05, 0) is 0 Å². The number of aromatic nitrogens is 4. The maximum atomic E-state index is 11.7. The molecule has 13 heteroatoms. The molecule has 0 radical (unpaired) electrons. The number of hydrogen-bond donors (Lipinski definition) is 5. The molecule has 0 amide bonds. The van der Waals surface area contributed by atoms with Crippen LogP contribution in [0.3, 0.4) is 0 Å². The Morgan fingerprint density at radius 3 is 2.91 bits per heavy atom. The van der Waals surface area contributed by atoms with E-state index >= 15 is 0 Å². The third-order valence-corrected chi connectivity index (χ3v) is 3.25. The molecule has 0 aliphatic carbocycles. The summed E-state index contributed by atoms with van der Waals surface area (Å²) < 4.78 is 51.6. The van der Waals surface area contributed by atoms with Crippen molar-refractivity contribution < 1.29 is 39.3 Å².